The maximum absolute atomic E-state index is 12.6. The fraction of sp³-hybridized carbons (Fsp3) is 0.464. The van der Waals surface area contributed by atoms with Crippen LogP contribution < -0.4 is 43.8 Å². The monoisotopic (exact) mass is 720 g/mol. The number of aromatic amines is 2. The quantitative estimate of drug-likeness (QED) is 0.113. The van der Waals surface area contributed by atoms with Gasteiger partial charge >= 0.3 is 23.6 Å². The molecule has 0 bridgehead atoms. The van der Waals surface area contributed by atoms with Crippen LogP contribution in [0.2, 0.25) is 0 Å². The first kappa shape index (κ1) is 39.1. The molecule has 23 nitrogen and oxygen atoms in total. The van der Waals surface area contributed by atoms with Gasteiger partial charge in [0.25, 0.3) is 22.9 Å². The molecule has 51 heavy (non-hydrogen) atoms. The lowest BCUT2D eigenvalue weighted by molar-refractivity contribution is -0.134. The third kappa shape index (κ3) is 11.6. The van der Waals surface area contributed by atoms with E-state index in [-0.39, 0.29) is 39.4 Å². The summed E-state index contributed by atoms with van der Waals surface area (Å²) in [5.74, 6) is -4.19. The number of imide groups is 2. The highest BCUT2D eigenvalue weighted by atomic mass is 16.6. The van der Waals surface area contributed by atoms with Crippen molar-refractivity contribution in [1.29, 1.82) is 0 Å². The lowest BCUT2D eigenvalue weighted by Crippen LogP contribution is -2.52. The predicted octanol–water partition coefficient (Wildman–Crippen LogP) is -4.76. The first-order valence-electron chi connectivity index (χ1n) is 15.4. The topological polar surface area (TPSA) is 302 Å². The molecule has 0 atom stereocenters. The second kappa shape index (κ2) is 18.4. The van der Waals surface area contributed by atoms with Crippen molar-refractivity contribution in [3.05, 3.63) is 65.2 Å². The van der Waals surface area contributed by atoms with Gasteiger partial charge in [0.1, 0.15) is 17.7 Å². The van der Waals surface area contributed by atoms with Gasteiger partial charge in [-0.25, -0.2) is 19.2 Å². The van der Waals surface area contributed by atoms with E-state index in [2.05, 4.69) is 20.1 Å². The van der Waals surface area contributed by atoms with E-state index < -0.39 is 88.4 Å². The van der Waals surface area contributed by atoms with E-state index in [1.807, 2.05) is 20.2 Å². The lowest BCUT2D eigenvalue weighted by atomic mass is 10.3. The molecule has 1 aliphatic heterocycles. The standard InChI is InChI=1S/C28H36N10O13/c1-3-50-27(48)33-23(44)16-13-37(25(46)31-21(16)42)10-7-35-5-8-36(9-6-35)20(41)12-30-18(39)11-29-19(40)15-38-14-17(22(43)32-26(38)47)24(45)34-28(49)51-4-2/h13-14H,3-12,15H2,1-2H3,(H,29,40)(H,30,39)(H,31,42,46)(H,32,43,47)(H,33,44,48)(H,34,45,49). The molecular formula is C28H36N10O13. The third-order valence-electron chi connectivity index (χ3n) is 7.07. The maximum atomic E-state index is 12.6. The average Bonchev–Trinajstić information content (AvgIpc) is 3.07. The van der Waals surface area contributed by atoms with Gasteiger partial charge in [0, 0.05) is 51.7 Å². The van der Waals surface area contributed by atoms with Gasteiger partial charge in [-0.1, -0.05) is 0 Å². The van der Waals surface area contributed by atoms with Crippen LogP contribution >= 0.6 is 0 Å². The number of nitrogens with one attached hydrogen (secondary N) is 6. The Labute approximate surface area is 286 Å². The number of alkyl carbamates (subject to hydrolysis) is 2. The summed E-state index contributed by atoms with van der Waals surface area (Å²) in [5.41, 5.74) is -4.98. The molecule has 0 aliphatic carbocycles. The smallest absolute Gasteiger partial charge is 0.414 e. The van der Waals surface area contributed by atoms with E-state index in [0.717, 1.165) is 17.0 Å². The van der Waals surface area contributed by atoms with E-state index in [1.165, 1.54) is 18.7 Å². The lowest BCUT2D eigenvalue weighted by Gasteiger charge is -2.34. The van der Waals surface area contributed by atoms with Crippen LogP contribution in [0.5, 0.6) is 0 Å². The van der Waals surface area contributed by atoms with Crippen molar-refractivity contribution in [2.45, 2.75) is 26.9 Å². The molecular weight excluding hydrogens is 684 g/mol. The molecule has 3 rings (SSSR count). The zero-order valence-electron chi connectivity index (χ0n) is 27.5. The molecule has 6 N–H and O–H groups in total. The van der Waals surface area contributed by atoms with Crippen molar-refractivity contribution >= 4 is 41.7 Å². The highest BCUT2D eigenvalue weighted by Crippen LogP contribution is 2.03. The summed E-state index contributed by atoms with van der Waals surface area (Å²) in [4.78, 5) is 140. The zero-order valence-corrected chi connectivity index (χ0v) is 27.5. The van der Waals surface area contributed by atoms with Crippen LogP contribution in [-0.2, 0) is 36.9 Å². The molecule has 0 spiro atoms. The molecule has 2 aromatic rings. The Morgan fingerprint density at radius 2 is 1.16 bits per heavy atom. The Morgan fingerprint density at radius 1 is 0.667 bits per heavy atom. The second-order valence-corrected chi connectivity index (χ2v) is 10.6. The van der Waals surface area contributed by atoms with Gasteiger partial charge in [-0.3, -0.25) is 68.2 Å². The summed E-state index contributed by atoms with van der Waals surface area (Å²) >= 11 is 0. The number of rotatable bonds is 13. The molecule has 276 valence electrons. The number of nitrogens with zero attached hydrogens (tertiary/aromatic N) is 4. The van der Waals surface area contributed by atoms with E-state index >= 15 is 0 Å². The fourth-order valence-corrected chi connectivity index (χ4v) is 4.49. The number of amides is 7. The second-order valence-electron chi connectivity index (χ2n) is 10.6. The molecule has 2 aromatic heterocycles. The van der Waals surface area contributed by atoms with Crippen molar-refractivity contribution in [3.63, 3.8) is 0 Å². The minimum Gasteiger partial charge on any atom is -0.450 e. The molecule has 1 fully saturated rings. The first-order chi connectivity index (χ1) is 24.2. The van der Waals surface area contributed by atoms with Crippen molar-refractivity contribution in [2.24, 2.45) is 0 Å². The van der Waals surface area contributed by atoms with Crippen LogP contribution in [0, 0.1) is 0 Å². The first-order valence-corrected chi connectivity index (χ1v) is 15.4. The third-order valence-corrected chi connectivity index (χ3v) is 7.07. The largest absolute Gasteiger partial charge is 0.450 e. The van der Waals surface area contributed by atoms with Crippen LogP contribution in [0.3, 0.4) is 0 Å². The molecule has 23 heteroatoms. The molecule has 7 amide bonds. The van der Waals surface area contributed by atoms with Gasteiger partial charge in [-0.2, -0.15) is 0 Å². The molecule has 0 unspecified atom stereocenters. The predicted molar refractivity (Wildman–Crippen MR) is 171 cm³/mol. The molecule has 3 heterocycles. The Morgan fingerprint density at radius 3 is 1.69 bits per heavy atom. The normalized spacial score (nSPS) is 12.7. The van der Waals surface area contributed by atoms with E-state index in [4.69, 9.17) is 0 Å². The number of carbonyl (C=O) groups excluding carboxylic acids is 7. The minimum absolute atomic E-state index is 0.00439. The molecule has 0 saturated carbocycles. The van der Waals surface area contributed by atoms with Gasteiger partial charge in [-0.05, 0) is 13.8 Å². The fourth-order valence-electron chi connectivity index (χ4n) is 4.49. The summed E-state index contributed by atoms with van der Waals surface area (Å²) in [6.07, 6.45) is -0.363. The SMILES string of the molecule is CCOC(=O)NC(=O)c1cn(CCN2CCN(C(=O)CNC(=O)CNC(=O)Cn3cc(C(=O)NC(=O)OCC)c(=O)[nH]c3=O)CC2)c(=O)[nH]c1=O. The number of aromatic nitrogens is 4. The van der Waals surface area contributed by atoms with E-state index in [0.29, 0.717) is 24.2 Å². The molecule has 1 saturated heterocycles. The minimum atomic E-state index is -1.17. The van der Waals surface area contributed by atoms with Crippen molar-refractivity contribution in [2.75, 3.05) is 59.0 Å². The molecule has 0 aromatic carbocycles. The number of piperazine rings is 1. The molecule has 1 aliphatic rings. The van der Waals surface area contributed by atoms with E-state index in [9.17, 15) is 52.7 Å². The Bertz CT molecular complexity index is 1900. The van der Waals surface area contributed by atoms with Crippen LogP contribution in [-0.4, -0.2) is 130 Å². The number of H-pyrrole nitrogens is 2. The van der Waals surface area contributed by atoms with Crippen LogP contribution in [0.4, 0.5) is 9.59 Å². The average molecular weight is 721 g/mol. The van der Waals surface area contributed by atoms with Crippen molar-refractivity contribution < 1.29 is 43.0 Å². The number of hydrogen-bond acceptors (Lipinski definition) is 14. The maximum Gasteiger partial charge on any atom is 0.414 e. The Balaban J connectivity index is 1.42. The van der Waals surface area contributed by atoms with Gasteiger partial charge in [0.2, 0.25) is 17.7 Å². The van der Waals surface area contributed by atoms with Crippen molar-refractivity contribution in [1.82, 2.24) is 50.2 Å². The highest BCUT2D eigenvalue weighted by Gasteiger charge is 2.23. The summed E-state index contributed by atoms with van der Waals surface area (Å²) in [6, 6.07) is 0. The molecule has 0 radical (unpaired) electrons. The Kier molecular flexibility index (Phi) is 14.1. The van der Waals surface area contributed by atoms with E-state index in [1.54, 1.807) is 5.32 Å². The van der Waals surface area contributed by atoms with Crippen LogP contribution in [0.15, 0.2) is 31.6 Å². The summed E-state index contributed by atoms with van der Waals surface area (Å²) < 4.78 is 11.0. The van der Waals surface area contributed by atoms with Gasteiger partial charge in [0.05, 0.1) is 26.3 Å². The van der Waals surface area contributed by atoms with Crippen molar-refractivity contribution in [3.8, 4) is 0 Å². The number of carbonyl (C=O) groups is 7. The van der Waals surface area contributed by atoms with Gasteiger partial charge in [0.15, 0.2) is 0 Å². The highest BCUT2D eigenvalue weighted by molar-refractivity contribution is 6.03. The zero-order chi connectivity index (χ0) is 37.7. The van der Waals surface area contributed by atoms with Gasteiger partial charge in [-0.15, -0.1) is 0 Å². The summed E-state index contributed by atoms with van der Waals surface area (Å²) in [6.45, 7) is 3.11. The van der Waals surface area contributed by atoms with Crippen LogP contribution in [0.25, 0.3) is 0 Å². The summed E-state index contributed by atoms with van der Waals surface area (Å²) in [7, 11) is 0. The number of ether oxygens (including phenoxy) is 2. The number of hydrogen-bond donors (Lipinski definition) is 6. The van der Waals surface area contributed by atoms with Crippen LogP contribution in [0.1, 0.15) is 34.6 Å². The summed E-state index contributed by atoms with van der Waals surface area (Å²) in [5, 5.41) is 8.29. The van der Waals surface area contributed by atoms with Gasteiger partial charge < -0.3 is 25.0 Å². The Hall–Kier alpha value is -6.39.